The van der Waals surface area contributed by atoms with Gasteiger partial charge in [-0.15, -0.1) is 0 Å². The highest BCUT2D eigenvalue weighted by molar-refractivity contribution is 6.34. The Morgan fingerprint density at radius 3 is 2.10 bits per heavy atom. The second-order valence-electron chi connectivity index (χ2n) is 11.6. The van der Waals surface area contributed by atoms with Crippen LogP contribution >= 0.6 is 11.6 Å². The number of aryl methyl sites for hydroxylation is 3. The van der Waals surface area contributed by atoms with E-state index in [2.05, 4.69) is 10.6 Å². The summed E-state index contributed by atoms with van der Waals surface area (Å²) in [5.41, 5.74) is 3.23. The number of anilines is 1. The molecular formula is C31H42ClN3O4. The molecule has 212 valence electrons. The van der Waals surface area contributed by atoms with Crippen LogP contribution in [0, 0.1) is 26.7 Å². The maximum absolute atomic E-state index is 14.4. The molecule has 0 saturated heterocycles. The van der Waals surface area contributed by atoms with Gasteiger partial charge in [0, 0.05) is 6.04 Å². The Morgan fingerprint density at radius 1 is 1.03 bits per heavy atom. The van der Waals surface area contributed by atoms with Crippen molar-refractivity contribution in [2.75, 3.05) is 5.32 Å². The standard InChI is InChI=1S/C31H42ClN3O4/c1-9-18(2)26(34-30(38)39-31(6,7)8)29(37)35(22-16-17-22)27(24-19(3)12-10-13-20(24)4)28(36)33-25-21(5)14-11-15-23(25)32/h10-15,18,22,26-27H,9,16-17H2,1-8H3,(H,33,36)(H,34,38). The number of para-hydroxylation sites is 1. The van der Waals surface area contributed by atoms with Gasteiger partial charge >= 0.3 is 6.09 Å². The number of amides is 3. The molecule has 0 aliphatic heterocycles. The molecule has 1 aliphatic carbocycles. The van der Waals surface area contributed by atoms with Gasteiger partial charge in [0.25, 0.3) is 5.91 Å². The molecule has 3 rings (SSSR count). The molecule has 3 amide bonds. The second-order valence-corrected chi connectivity index (χ2v) is 12.0. The van der Waals surface area contributed by atoms with E-state index in [-0.39, 0.29) is 23.8 Å². The fourth-order valence-corrected chi connectivity index (χ4v) is 5.05. The van der Waals surface area contributed by atoms with Gasteiger partial charge in [0.1, 0.15) is 17.7 Å². The van der Waals surface area contributed by atoms with Crippen molar-refractivity contribution in [1.29, 1.82) is 0 Å². The normalized spacial score (nSPS) is 15.6. The number of carbonyl (C=O) groups is 3. The molecule has 0 spiro atoms. The van der Waals surface area contributed by atoms with Crippen LogP contribution in [0.25, 0.3) is 0 Å². The summed E-state index contributed by atoms with van der Waals surface area (Å²) in [5, 5.41) is 6.28. The van der Waals surface area contributed by atoms with Crippen LogP contribution in [0.5, 0.6) is 0 Å². The van der Waals surface area contributed by atoms with Crippen molar-refractivity contribution in [3.8, 4) is 0 Å². The minimum Gasteiger partial charge on any atom is -0.444 e. The fraction of sp³-hybridized carbons (Fsp3) is 0.516. The van der Waals surface area contributed by atoms with Crippen LogP contribution < -0.4 is 10.6 Å². The van der Waals surface area contributed by atoms with Crippen LogP contribution in [0.15, 0.2) is 36.4 Å². The van der Waals surface area contributed by atoms with Crippen molar-refractivity contribution in [2.45, 2.75) is 98.4 Å². The first-order chi connectivity index (χ1) is 18.2. The SMILES string of the molecule is CCC(C)C(NC(=O)OC(C)(C)C)C(=O)N(C1CC1)C(C(=O)Nc1c(C)cccc1Cl)c1c(C)cccc1C. The number of rotatable bonds is 9. The molecule has 2 N–H and O–H groups in total. The van der Waals surface area contributed by atoms with Crippen molar-refractivity contribution < 1.29 is 19.1 Å². The maximum Gasteiger partial charge on any atom is 0.408 e. The zero-order valence-corrected chi connectivity index (χ0v) is 25.1. The molecule has 8 heteroatoms. The van der Waals surface area contributed by atoms with E-state index in [1.54, 1.807) is 31.7 Å². The lowest BCUT2D eigenvalue weighted by Gasteiger charge is -2.37. The van der Waals surface area contributed by atoms with Crippen LogP contribution in [0.1, 0.15) is 82.2 Å². The number of benzene rings is 2. The van der Waals surface area contributed by atoms with E-state index in [0.29, 0.717) is 17.1 Å². The first-order valence-electron chi connectivity index (χ1n) is 13.7. The number of halogens is 1. The number of ether oxygens (including phenoxy) is 1. The highest BCUT2D eigenvalue weighted by Gasteiger charge is 2.46. The monoisotopic (exact) mass is 555 g/mol. The summed E-state index contributed by atoms with van der Waals surface area (Å²) in [6, 6.07) is 9.39. The maximum atomic E-state index is 14.4. The molecule has 2 aromatic rings. The first-order valence-corrected chi connectivity index (χ1v) is 14.1. The van der Waals surface area contributed by atoms with E-state index in [9.17, 15) is 14.4 Å². The lowest BCUT2D eigenvalue weighted by Crippen LogP contribution is -2.55. The number of carbonyl (C=O) groups excluding carboxylic acids is 3. The number of nitrogens with one attached hydrogen (secondary N) is 2. The van der Waals surface area contributed by atoms with Crippen LogP contribution in [-0.4, -0.2) is 40.5 Å². The zero-order valence-electron chi connectivity index (χ0n) is 24.4. The molecule has 0 bridgehead atoms. The Bertz CT molecular complexity index is 1180. The largest absolute Gasteiger partial charge is 0.444 e. The Hall–Kier alpha value is -3.06. The molecule has 0 heterocycles. The third-order valence-corrected chi connectivity index (χ3v) is 7.47. The van der Waals surface area contributed by atoms with E-state index in [4.69, 9.17) is 16.3 Å². The zero-order chi connectivity index (χ0) is 29.1. The molecule has 3 unspecified atom stereocenters. The smallest absolute Gasteiger partial charge is 0.408 e. The average molecular weight is 556 g/mol. The summed E-state index contributed by atoms with van der Waals surface area (Å²) in [4.78, 5) is 43.1. The molecule has 1 saturated carbocycles. The summed E-state index contributed by atoms with van der Waals surface area (Å²) in [6.07, 6.45) is 1.57. The van der Waals surface area contributed by atoms with Crippen molar-refractivity contribution >= 4 is 35.2 Å². The molecule has 0 aromatic heterocycles. The number of hydrogen-bond acceptors (Lipinski definition) is 4. The van der Waals surface area contributed by atoms with Gasteiger partial charge in [0.05, 0.1) is 10.7 Å². The minimum absolute atomic E-state index is 0.119. The van der Waals surface area contributed by atoms with Gasteiger partial charge < -0.3 is 20.3 Å². The molecule has 1 aliphatic rings. The lowest BCUT2D eigenvalue weighted by molar-refractivity contribution is -0.142. The Labute approximate surface area is 237 Å². The van der Waals surface area contributed by atoms with Gasteiger partial charge in [0.2, 0.25) is 5.91 Å². The second kappa shape index (κ2) is 12.4. The van der Waals surface area contributed by atoms with E-state index in [0.717, 1.165) is 35.1 Å². The minimum atomic E-state index is -0.908. The highest BCUT2D eigenvalue weighted by Crippen LogP contribution is 2.39. The van der Waals surface area contributed by atoms with Crippen LogP contribution in [-0.2, 0) is 14.3 Å². The summed E-state index contributed by atoms with van der Waals surface area (Å²) in [6.45, 7) is 15.0. The molecular weight excluding hydrogens is 514 g/mol. The topological polar surface area (TPSA) is 87.7 Å². The fourth-order valence-electron chi connectivity index (χ4n) is 4.79. The van der Waals surface area contributed by atoms with Gasteiger partial charge in [-0.05, 0) is 88.6 Å². The molecule has 0 radical (unpaired) electrons. The molecule has 39 heavy (non-hydrogen) atoms. The van der Waals surface area contributed by atoms with Gasteiger partial charge in [0.15, 0.2) is 0 Å². The third kappa shape index (κ3) is 7.53. The van der Waals surface area contributed by atoms with E-state index < -0.39 is 23.8 Å². The third-order valence-electron chi connectivity index (χ3n) is 7.16. The van der Waals surface area contributed by atoms with Crippen molar-refractivity contribution in [3.05, 3.63) is 63.7 Å². The Balaban J connectivity index is 2.09. The highest BCUT2D eigenvalue weighted by atomic mass is 35.5. The van der Waals surface area contributed by atoms with Gasteiger partial charge in [-0.2, -0.15) is 0 Å². The Kier molecular flexibility index (Phi) is 9.70. The molecule has 2 aromatic carbocycles. The van der Waals surface area contributed by atoms with Crippen LogP contribution in [0.2, 0.25) is 5.02 Å². The molecule has 7 nitrogen and oxygen atoms in total. The van der Waals surface area contributed by atoms with Crippen molar-refractivity contribution in [1.82, 2.24) is 10.2 Å². The van der Waals surface area contributed by atoms with Gasteiger partial charge in [-0.3, -0.25) is 9.59 Å². The average Bonchev–Trinajstić information content (AvgIpc) is 3.67. The van der Waals surface area contributed by atoms with Gasteiger partial charge in [-0.25, -0.2) is 4.79 Å². The van der Waals surface area contributed by atoms with Crippen molar-refractivity contribution in [3.63, 3.8) is 0 Å². The predicted octanol–water partition coefficient (Wildman–Crippen LogP) is 6.88. The lowest BCUT2D eigenvalue weighted by atomic mass is 9.91. The summed E-state index contributed by atoms with van der Waals surface area (Å²) in [7, 11) is 0. The van der Waals surface area contributed by atoms with E-state index in [1.807, 2.05) is 65.0 Å². The summed E-state index contributed by atoms with van der Waals surface area (Å²) < 4.78 is 5.49. The molecule has 3 atom stereocenters. The predicted molar refractivity (Wildman–Crippen MR) is 156 cm³/mol. The quantitative estimate of drug-likeness (QED) is 0.353. The number of hydrogen-bond donors (Lipinski definition) is 2. The van der Waals surface area contributed by atoms with Crippen LogP contribution in [0.4, 0.5) is 10.5 Å². The van der Waals surface area contributed by atoms with E-state index >= 15 is 0 Å². The van der Waals surface area contributed by atoms with Crippen LogP contribution in [0.3, 0.4) is 0 Å². The number of alkyl carbamates (subject to hydrolysis) is 1. The summed E-state index contributed by atoms with van der Waals surface area (Å²) in [5.74, 6) is -0.820. The Morgan fingerprint density at radius 2 is 1.59 bits per heavy atom. The van der Waals surface area contributed by atoms with Gasteiger partial charge in [-0.1, -0.05) is 62.2 Å². The number of nitrogens with zero attached hydrogens (tertiary/aromatic N) is 1. The first kappa shape index (κ1) is 30.5. The summed E-state index contributed by atoms with van der Waals surface area (Å²) >= 11 is 6.47. The molecule has 1 fully saturated rings. The van der Waals surface area contributed by atoms with Crippen molar-refractivity contribution in [2.24, 2.45) is 5.92 Å². The van der Waals surface area contributed by atoms with E-state index in [1.165, 1.54) is 0 Å².